The number of nitrogens with two attached hydrogens (primary N) is 1. The van der Waals surface area contributed by atoms with Crippen LogP contribution in [0.25, 0.3) is 0 Å². The van der Waals surface area contributed by atoms with Crippen molar-refractivity contribution >= 4 is 17.6 Å². The second-order valence-corrected chi connectivity index (χ2v) is 4.92. The molecule has 3 nitrogen and oxygen atoms in total. The number of hydrogen-bond donors (Lipinski definition) is 1. The van der Waals surface area contributed by atoms with Gasteiger partial charge >= 0.3 is 0 Å². The van der Waals surface area contributed by atoms with E-state index in [4.69, 9.17) is 5.73 Å². The zero-order chi connectivity index (χ0) is 11.3. The highest BCUT2D eigenvalue weighted by Crippen LogP contribution is 2.30. The maximum absolute atomic E-state index is 5.86. The molecule has 0 saturated heterocycles. The van der Waals surface area contributed by atoms with Crippen molar-refractivity contribution in [1.29, 1.82) is 0 Å². The highest BCUT2D eigenvalue weighted by molar-refractivity contribution is 7.99. The molecule has 0 aliphatic heterocycles. The number of aromatic nitrogens is 2. The Kier molecular flexibility index (Phi) is 4.88. The van der Waals surface area contributed by atoms with E-state index in [1.54, 1.807) is 18.1 Å². The second kappa shape index (κ2) is 5.95. The van der Waals surface area contributed by atoms with Crippen LogP contribution in [0.2, 0.25) is 0 Å². The van der Waals surface area contributed by atoms with Crippen LogP contribution in [0.1, 0.15) is 45.1 Å². The maximum Gasteiger partial charge on any atom is 0.131 e. The van der Waals surface area contributed by atoms with Crippen molar-refractivity contribution in [3.8, 4) is 0 Å². The topological polar surface area (TPSA) is 51.8 Å². The molecule has 0 radical (unpaired) electrons. The Hall–Kier alpha value is -0.770. The number of nitrogen functional groups attached to an aromatic ring is 1. The van der Waals surface area contributed by atoms with Gasteiger partial charge in [-0.25, -0.2) is 9.97 Å². The average molecular weight is 225 g/mol. The van der Waals surface area contributed by atoms with E-state index in [1.807, 2.05) is 0 Å². The Morgan fingerprint density at radius 3 is 2.73 bits per heavy atom. The second-order valence-electron chi connectivity index (χ2n) is 3.83. The first-order valence-electron chi connectivity index (χ1n) is 5.40. The summed E-state index contributed by atoms with van der Waals surface area (Å²) in [5.41, 5.74) is 6.96. The van der Waals surface area contributed by atoms with E-state index in [2.05, 4.69) is 30.7 Å². The molecule has 15 heavy (non-hydrogen) atoms. The molecule has 84 valence electrons. The highest BCUT2D eigenvalue weighted by atomic mass is 32.2. The van der Waals surface area contributed by atoms with E-state index in [0.717, 1.165) is 16.3 Å². The summed E-state index contributed by atoms with van der Waals surface area (Å²) in [4.78, 5) is 8.35. The van der Waals surface area contributed by atoms with Crippen molar-refractivity contribution in [2.24, 2.45) is 0 Å². The number of anilines is 1. The van der Waals surface area contributed by atoms with E-state index in [9.17, 15) is 0 Å². The SMILES string of the molecule is CCCCSc1ncnc(N)c1C(C)C. The van der Waals surface area contributed by atoms with Crippen molar-refractivity contribution < 1.29 is 0 Å². The molecular weight excluding hydrogens is 206 g/mol. The van der Waals surface area contributed by atoms with Crippen molar-refractivity contribution in [2.45, 2.75) is 44.6 Å². The summed E-state index contributed by atoms with van der Waals surface area (Å²) in [6, 6.07) is 0. The van der Waals surface area contributed by atoms with Gasteiger partial charge in [-0.2, -0.15) is 0 Å². The number of unbranched alkanes of at least 4 members (excludes halogenated alkanes) is 1. The molecule has 0 unspecified atom stereocenters. The Balaban J connectivity index is 2.81. The largest absolute Gasteiger partial charge is 0.383 e. The number of thioether (sulfide) groups is 1. The lowest BCUT2D eigenvalue weighted by Crippen LogP contribution is -2.03. The molecule has 0 fully saturated rings. The summed E-state index contributed by atoms with van der Waals surface area (Å²) in [6.07, 6.45) is 3.98. The maximum atomic E-state index is 5.86. The molecule has 0 aromatic carbocycles. The van der Waals surface area contributed by atoms with Gasteiger partial charge in [0.15, 0.2) is 0 Å². The van der Waals surface area contributed by atoms with E-state index < -0.39 is 0 Å². The van der Waals surface area contributed by atoms with Gasteiger partial charge in [0.1, 0.15) is 17.2 Å². The summed E-state index contributed by atoms with van der Waals surface area (Å²) < 4.78 is 0. The fraction of sp³-hybridized carbons (Fsp3) is 0.636. The highest BCUT2D eigenvalue weighted by Gasteiger charge is 2.12. The van der Waals surface area contributed by atoms with Gasteiger partial charge < -0.3 is 5.73 Å². The first-order valence-corrected chi connectivity index (χ1v) is 6.38. The Bertz CT molecular complexity index is 313. The first kappa shape index (κ1) is 12.3. The number of nitrogens with zero attached hydrogens (tertiary/aromatic N) is 2. The van der Waals surface area contributed by atoms with E-state index >= 15 is 0 Å². The lowest BCUT2D eigenvalue weighted by molar-refractivity contribution is 0.807. The van der Waals surface area contributed by atoms with Crippen LogP contribution in [-0.2, 0) is 0 Å². The lowest BCUT2D eigenvalue weighted by atomic mass is 10.1. The predicted molar refractivity (Wildman–Crippen MR) is 66.2 cm³/mol. The predicted octanol–water partition coefficient (Wildman–Crippen LogP) is 3.07. The van der Waals surface area contributed by atoms with Crippen LogP contribution in [0.3, 0.4) is 0 Å². The summed E-state index contributed by atoms with van der Waals surface area (Å²) in [7, 11) is 0. The Labute approximate surface area is 95.9 Å². The summed E-state index contributed by atoms with van der Waals surface area (Å²) in [5.74, 6) is 2.11. The summed E-state index contributed by atoms with van der Waals surface area (Å²) in [6.45, 7) is 6.44. The van der Waals surface area contributed by atoms with Crippen LogP contribution in [-0.4, -0.2) is 15.7 Å². The van der Waals surface area contributed by atoms with E-state index in [0.29, 0.717) is 11.7 Å². The Morgan fingerprint density at radius 2 is 2.13 bits per heavy atom. The van der Waals surface area contributed by atoms with Crippen molar-refractivity contribution in [3.05, 3.63) is 11.9 Å². The third-order valence-corrected chi connectivity index (χ3v) is 3.28. The molecule has 2 N–H and O–H groups in total. The van der Waals surface area contributed by atoms with Crippen LogP contribution < -0.4 is 5.73 Å². The molecule has 0 spiro atoms. The van der Waals surface area contributed by atoms with Gasteiger partial charge in [0.2, 0.25) is 0 Å². The molecule has 4 heteroatoms. The summed E-state index contributed by atoms with van der Waals surface area (Å²) >= 11 is 1.78. The van der Waals surface area contributed by atoms with Gasteiger partial charge in [0.25, 0.3) is 0 Å². The molecule has 0 bridgehead atoms. The molecule has 0 atom stereocenters. The molecule has 1 heterocycles. The lowest BCUT2D eigenvalue weighted by Gasteiger charge is -2.12. The minimum Gasteiger partial charge on any atom is -0.383 e. The molecular formula is C11H19N3S. The molecule has 1 rings (SSSR count). The molecule has 1 aromatic heterocycles. The summed E-state index contributed by atoms with van der Waals surface area (Å²) in [5, 5.41) is 1.05. The standard InChI is InChI=1S/C11H19N3S/c1-4-5-6-15-11-9(8(2)3)10(12)13-7-14-11/h7-8H,4-6H2,1-3H3,(H2,12,13,14). The van der Waals surface area contributed by atoms with E-state index in [-0.39, 0.29) is 0 Å². The first-order chi connectivity index (χ1) is 7.16. The van der Waals surface area contributed by atoms with Crippen LogP contribution in [0, 0.1) is 0 Å². The minimum atomic E-state index is 0.385. The van der Waals surface area contributed by atoms with E-state index in [1.165, 1.54) is 12.8 Å². The average Bonchev–Trinajstić information content (AvgIpc) is 2.17. The number of rotatable bonds is 5. The van der Waals surface area contributed by atoms with Gasteiger partial charge in [0.05, 0.1) is 0 Å². The van der Waals surface area contributed by atoms with Crippen molar-refractivity contribution in [2.75, 3.05) is 11.5 Å². The van der Waals surface area contributed by atoms with Crippen LogP contribution in [0.15, 0.2) is 11.4 Å². The number of hydrogen-bond acceptors (Lipinski definition) is 4. The van der Waals surface area contributed by atoms with Crippen molar-refractivity contribution in [3.63, 3.8) is 0 Å². The zero-order valence-electron chi connectivity index (χ0n) is 9.66. The van der Waals surface area contributed by atoms with Gasteiger partial charge in [0, 0.05) is 5.56 Å². The van der Waals surface area contributed by atoms with Crippen molar-refractivity contribution in [1.82, 2.24) is 9.97 Å². The van der Waals surface area contributed by atoms with Gasteiger partial charge in [-0.3, -0.25) is 0 Å². The molecule has 0 aliphatic rings. The van der Waals surface area contributed by atoms with Gasteiger partial charge in [-0.15, -0.1) is 11.8 Å². The quantitative estimate of drug-likeness (QED) is 0.475. The van der Waals surface area contributed by atoms with Crippen LogP contribution in [0.5, 0.6) is 0 Å². The van der Waals surface area contributed by atoms with Gasteiger partial charge in [-0.05, 0) is 18.1 Å². The molecule has 0 amide bonds. The monoisotopic (exact) mass is 225 g/mol. The van der Waals surface area contributed by atoms with Crippen LogP contribution in [0.4, 0.5) is 5.82 Å². The fourth-order valence-corrected chi connectivity index (χ4v) is 2.61. The molecule has 0 aliphatic carbocycles. The van der Waals surface area contributed by atoms with Gasteiger partial charge in [-0.1, -0.05) is 27.2 Å². The minimum absolute atomic E-state index is 0.385. The Morgan fingerprint density at radius 1 is 1.40 bits per heavy atom. The zero-order valence-corrected chi connectivity index (χ0v) is 10.5. The fourth-order valence-electron chi connectivity index (χ4n) is 1.36. The third kappa shape index (κ3) is 3.38. The third-order valence-electron chi connectivity index (χ3n) is 2.19. The molecule has 0 saturated carbocycles. The normalized spacial score (nSPS) is 10.9. The molecule has 1 aromatic rings. The van der Waals surface area contributed by atoms with Crippen LogP contribution >= 0.6 is 11.8 Å². The smallest absolute Gasteiger partial charge is 0.131 e.